The SMILES string of the molecule is C[C@H]1COc2ccccc2C1=O. The summed E-state index contributed by atoms with van der Waals surface area (Å²) in [5.74, 6) is 0.914. The minimum absolute atomic E-state index is 0.0000926. The molecule has 0 unspecified atom stereocenters. The van der Waals surface area contributed by atoms with E-state index in [4.69, 9.17) is 4.74 Å². The number of carbonyl (C=O) groups is 1. The lowest BCUT2D eigenvalue weighted by Crippen LogP contribution is -2.24. The van der Waals surface area contributed by atoms with Gasteiger partial charge >= 0.3 is 0 Å². The van der Waals surface area contributed by atoms with Gasteiger partial charge < -0.3 is 4.74 Å². The van der Waals surface area contributed by atoms with Crippen LogP contribution in [0.3, 0.4) is 0 Å². The van der Waals surface area contributed by atoms with E-state index in [1.165, 1.54) is 0 Å². The van der Waals surface area contributed by atoms with Gasteiger partial charge in [-0.25, -0.2) is 0 Å². The summed E-state index contributed by atoms with van der Waals surface area (Å²) in [4.78, 5) is 11.5. The van der Waals surface area contributed by atoms with Gasteiger partial charge in [0.05, 0.1) is 18.1 Å². The van der Waals surface area contributed by atoms with Crippen LogP contribution in [0.1, 0.15) is 17.3 Å². The number of fused-ring (bicyclic) bond motifs is 1. The topological polar surface area (TPSA) is 26.3 Å². The van der Waals surface area contributed by atoms with Gasteiger partial charge in [-0.15, -0.1) is 0 Å². The van der Waals surface area contributed by atoms with Gasteiger partial charge in [0.15, 0.2) is 5.78 Å². The molecule has 0 aliphatic carbocycles. The van der Waals surface area contributed by atoms with E-state index in [-0.39, 0.29) is 11.7 Å². The first-order valence-corrected chi connectivity index (χ1v) is 4.05. The summed E-state index contributed by atoms with van der Waals surface area (Å²) in [7, 11) is 0. The van der Waals surface area contributed by atoms with Crippen LogP contribution in [0.4, 0.5) is 0 Å². The standard InChI is InChI=1S/C10H10O2/c1-7-6-12-9-5-3-2-4-8(9)10(7)11/h2-5,7H,6H2,1H3/t7-/m0/s1. The monoisotopic (exact) mass is 162 g/mol. The number of para-hydroxylation sites is 1. The van der Waals surface area contributed by atoms with Crippen LogP contribution in [0.2, 0.25) is 0 Å². The number of ketones is 1. The smallest absolute Gasteiger partial charge is 0.172 e. The molecule has 2 nitrogen and oxygen atoms in total. The van der Waals surface area contributed by atoms with Crippen LogP contribution in [0.15, 0.2) is 24.3 Å². The lowest BCUT2D eigenvalue weighted by Gasteiger charge is -2.20. The van der Waals surface area contributed by atoms with Crippen LogP contribution in [0.25, 0.3) is 0 Å². The first kappa shape index (κ1) is 7.35. The quantitative estimate of drug-likeness (QED) is 0.582. The fourth-order valence-corrected chi connectivity index (χ4v) is 1.35. The highest BCUT2D eigenvalue weighted by molar-refractivity contribution is 6.01. The lowest BCUT2D eigenvalue weighted by atomic mass is 9.97. The highest BCUT2D eigenvalue weighted by atomic mass is 16.5. The molecule has 1 aliphatic rings. The summed E-state index contributed by atoms with van der Waals surface area (Å²) in [6.45, 7) is 2.40. The van der Waals surface area contributed by atoms with Crippen molar-refractivity contribution in [2.75, 3.05) is 6.61 Å². The molecule has 1 aromatic carbocycles. The summed E-state index contributed by atoms with van der Waals surface area (Å²) >= 11 is 0. The molecule has 12 heavy (non-hydrogen) atoms. The number of carbonyl (C=O) groups excluding carboxylic acids is 1. The molecular formula is C10H10O2. The Balaban J connectivity index is 2.49. The van der Waals surface area contributed by atoms with Gasteiger partial charge in [-0.1, -0.05) is 19.1 Å². The summed E-state index contributed by atoms with van der Waals surface area (Å²) in [5.41, 5.74) is 0.719. The zero-order chi connectivity index (χ0) is 8.55. The van der Waals surface area contributed by atoms with Gasteiger partial charge in [-0.05, 0) is 12.1 Å². The Morgan fingerprint density at radius 2 is 2.17 bits per heavy atom. The Morgan fingerprint density at radius 1 is 1.42 bits per heavy atom. The molecule has 1 atom stereocenters. The third-order valence-corrected chi connectivity index (χ3v) is 2.09. The van der Waals surface area contributed by atoms with Crippen LogP contribution >= 0.6 is 0 Å². The second-order valence-electron chi connectivity index (χ2n) is 3.07. The summed E-state index contributed by atoms with van der Waals surface area (Å²) in [6, 6.07) is 7.38. The summed E-state index contributed by atoms with van der Waals surface area (Å²) in [6.07, 6.45) is 0. The number of Topliss-reactive ketones (excluding diaryl/α,β-unsaturated/α-hetero) is 1. The molecule has 0 fully saturated rings. The molecule has 1 heterocycles. The van der Waals surface area contributed by atoms with Gasteiger partial charge in [-0.3, -0.25) is 4.79 Å². The second kappa shape index (κ2) is 2.63. The Kier molecular flexibility index (Phi) is 1.61. The molecule has 2 rings (SSSR count). The van der Waals surface area contributed by atoms with E-state index in [1.807, 2.05) is 31.2 Å². The number of rotatable bonds is 0. The second-order valence-corrected chi connectivity index (χ2v) is 3.07. The van der Waals surface area contributed by atoms with E-state index >= 15 is 0 Å². The van der Waals surface area contributed by atoms with Gasteiger partial charge in [-0.2, -0.15) is 0 Å². The van der Waals surface area contributed by atoms with E-state index < -0.39 is 0 Å². The van der Waals surface area contributed by atoms with Gasteiger partial charge in [0, 0.05) is 0 Å². The molecular weight excluding hydrogens is 152 g/mol. The van der Waals surface area contributed by atoms with E-state index in [2.05, 4.69) is 0 Å². The van der Waals surface area contributed by atoms with E-state index in [0.717, 1.165) is 11.3 Å². The van der Waals surface area contributed by atoms with Crippen molar-refractivity contribution in [1.82, 2.24) is 0 Å². The molecule has 0 bridgehead atoms. The van der Waals surface area contributed by atoms with Crippen LogP contribution in [0, 0.1) is 5.92 Å². The highest BCUT2D eigenvalue weighted by Crippen LogP contribution is 2.26. The fraction of sp³-hybridized carbons (Fsp3) is 0.300. The molecule has 1 aromatic rings. The molecule has 0 N–H and O–H groups in total. The maximum atomic E-state index is 11.5. The molecule has 0 spiro atoms. The van der Waals surface area contributed by atoms with Crippen LogP contribution in [0.5, 0.6) is 5.75 Å². The minimum Gasteiger partial charge on any atom is -0.492 e. The van der Waals surface area contributed by atoms with E-state index in [9.17, 15) is 4.79 Å². The molecule has 0 saturated heterocycles. The van der Waals surface area contributed by atoms with Crippen molar-refractivity contribution in [1.29, 1.82) is 0 Å². The number of ether oxygens (including phenoxy) is 1. The van der Waals surface area contributed by atoms with Gasteiger partial charge in [0.1, 0.15) is 5.75 Å². The van der Waals surface area contributed by atoms with Crippen molar-refractivity contribution in [3.8, 4) is 5.75 Å². The predicted octanol–water partition coefficient (Wildman–Crippen LogP) is 1.90. The van der Waals surface area contributed by atoms with Gasteiger partial charge in [0.2, 0.25) is 0 Å². The highest BCUT2D eigenvalue weighted by Gasteiger charge is 2.24. The fourth-order valence-electron chi connectivity index (χ4n) is 1.35. The average Bonchev–Trinajstić information content (AvgIpc) is 2.12. The molecule has 62 valence electrons. The molecule has 0 radical (unpaired) electrons. The van der Waals surface area contributed by atoms with Crippen molar-refractivity contribution in [3.05, 3.63) is 29.8 Å². The van der Waals surface area contributed by atoms with Crippen LogP contribution in [-0.4, -0.2) is 12.4 Å². The Morgan fingerprint density at radius 3 is 3.00 bits per heavy atom. The number of hydrogen-bond donors (Lipinski definition) is 0. The first-order valence-electron chi connectivity index (χ1n) is 4.05. The number of hydrogen-bond acceptors (Lipinski definition) is 2. The maximum absolute atomic E-state index is 11.5. The van der Waals surface area contributed by atoms with Crippen molar-refractivity contribution >= 4 is 5.78 Å². The van der Waals surface area contributed by atoms with Crippen molar-refractivity contribution in [2.45, 2.75) is 6.92 Å². The molecule has 1 aliphatic heterocycles. The van der Waals surface area contributed by atoms with E-state index in [0.29, 0.717) is 6.61 Å². The molecule has 0 aromatic heterocycles. The maximum Gasteiger partial charge on any atom is 0.172 e. The zero-order valence-corrected chi connectivity index (χ0v) is 6.91. The van der Waals surface area contributed by atoms with Crippen LogP contribution < -0.4 is 4.74 Å². The Hall–Kier alpha value is -1.31. The third-order valence-electron chi connectivity index (χ3n) is 2.09. The first-order chi connectivity index (χ1) is 5.79. The Labute approximate surface area is 71.2 Å². The van der Waals surface area contributed by atoms with Gasteiger partial charge in [0.25, 0.3) is 0 Å². The largest absolute Gasteiger partial charge is 0.492 e. The third kappa shape index (κ3) is 0.998. The van der Waals surface area contributed by atoms with E-state index in [1.54, 1.807) is 0 Å². The zero-order valence-electron chi connectivity index (χ0n) is 6.91. The molecule has 0 saturated carbocycles. The Bertz CT molecular complexity index is 317. The average molecular weight is 162 g/mol. The van der Waals surface area contributed by atoms with Crippen LogP contribution in [-0.2, 0) is 0 Å². The lowest BCUT2D eigenvalue weighted by molar-refractivity contribution is 0.0849. The minimum atomic E-state index is -0.0000926. The number of benzene rings is 1. The predicted molar refractivity (Wildman–Crippen MR) is 45.4 cm³/mol. The molecule has 0 amide bonds. The van der Waals surface area contributed by atoms with Crippen molar-refractivity contribution in [2.24, 2.45) is 5.92 Å². The van der Waals surface area contributed by atoms with Crippen molar-refractivity contribution < 1.29 is 9.53 Å². The molecule has 2 heteroatoms. The normalized spacial score (nSPS) is 21.4. The summed E-state index contributed by atoms with van der Waals surface area (Å²) in [5, 5.41) is 0. The van der Waals surface area contributed by atoms with Crippen molar-refractivity contribution in [3.63, 3.8) is 0 Å². The summed E-state index contributed by atoms with van der Waals surface area (Å²) < 4.78 is 5.39.